The van der Waals surface area contributed by atoms with Gasteiger partial charge < -0.3 is 0 Å². The van der Waals surface area contributed by atoms with E-state index in [2.05, 4.69) is 63.8 Å². The van der Waals surface area contributed by atoms with E-state index in [0.29, 0.717) is 0 Å². The van der Waals surface area contributed by atoms with E-state index in [4.69, 9.17) is 0 Å². The highest BCUT2D eigenvalue weighted by Crippen LogP contribution is 2.14. The van der Waals surface area contributed by atoms with Crippen LogP contribution in [0.4, 0.5) is 0 Å². The molecule has 1 aromatic carbocycles. The van der Waals surface area contributed by atoms with Gasteiger partial charge in [-0.25, -0.2) is 0 Å². The van der Waals surface area contributed by atoms with E-state index in [1.54, 1.807) is 0 Å². The van der Waals surface area contributed by atoms with Crippen LogP contribution < -0.4 is 0 Å². The maximum absolute atomic E-state index is 4.41. The van der Waals surface area contributed by atoms with Gasteiger partial charge in [0, 0.05) is 16.6 Å². The van der Waals surface area contributed by atoms with Gasteiger partial charge in [-0.15, -0.1) is 0 Å². The van der Waals surface area contributed by atoms with Crippen LogP contribution in [0.5, 0.6) is 0 Å². The van der Waals surface area contributed by atoms with Crippen molar-refractivity contribution in [2.75, 3.05) is 0 Å². The summed E-state index contributed by atoms with van der Waals surface area (Å²) in [4.78, 5) is 0. The fourth-order valence-corrected chi connectivity index (χ4v) is 2.28. The summed E-state index contributed by atoms with van der Waals surface area (Å²) < 4.78 is 2.05. The Kier molecular flexibility index (Phi) is 3.44. The molecule has 0 aliphatic carbocycles. The number of hydrogen-bond donors (Lipinski definition) is 0. The highest BCUT2D eigenvalue weighted by atomic mass is 79.9. The number of hydrogen-bond acceptors (Lipinski definition) is 1. The quantitative estimate of drug-likeness (QED) is 0.787. The molecule has 0 saturated heterocycles. The van der Waals surface area contributed by atoms with Crippen molar-refractivity contribution in [3.8, 4) is 0 Å². The van der Waals surface area contributed by atoms with Crippen LogP contribution in [0.15, 0.2) is 30.5 Å². The molecule has 0 bridgehead atoms. The monoisotopic (exact) mass is 278 g/mol. The molecule has 0 spiro atoms. The van der Waals surface area contributed by atoms with Crippen LogP contribution in [0.3, 0.4) is 0 Å². The van der Waals surface area contributed by atoms with E-state index in [9.17, 15) is 0 Å². The molecule has 0 radical (unpaired) electrons. The number of halogens is 1. The standard InChI is InChI=1S/C13H15BrN2/c1-10-5-3-4-6-12(10)9-16-11(2)13(7-14)8-15-16/h3-6,8H,7,9H2,1-2H3. The first kappa shape index (κ1) is 11.4. The number of nitrogens with zero attached hydrogens (tertiary/aromatic N) is 2. The van der Waals surface area contributed by atoms with Crippen molar-refractivity contribution < 1.29 is 0 Å². The Morgan fingerprint density at radius 1 is 1.19 bits per heavy atom. The molecule has 0 N–H and O–H groups in total. The van der Waals surface area contributed by atoms with Crippen LogP contribution in [-0.4, -0.2) is 9.78 Å². The molecular formula is C13H15BrN2. The SMILES string of the molecule is Cc1ccccc1Cn1ncc(CBr)c1C. The Hall–Kier alpha value is -1.09. The third-order valence-corrected chi connectivity index (χ3v) is 3.53. The molecular weight excluding hydrogens is 264 g/mol. The minimum atomic E-state index is 0.853. The molecule has 1 aromatic heterocycles. The van der Waals surface area contributed by atoms with Gasteiger partial charge in [0.15, 0.2) is 0 Å². The van der Waals surface area contributed by atoms with Gasteiger partial charge >= 0.3 is 0 Å². The second-order valence-electron chi connectivity index (χ2n) is 3.97. The van der Waals surface area contributed by atoms with E-state index in [-0.39, 0.29) is 0 Å². The van der Waals surface area contributed by atoms with Crippen LogP contribution in [-0.2, 0) is 11.9 Å². The Bertz CT molecular complexity index is 488. The highest BCUT2D eigenvalue weighted by Gasteiger charge is 2.06. The van der Waals surface area contributed by atoms with Crippen LogP contribution >= 0.6 is 15.9 Å². The summed E-state index contributed by atoms with van der Waals surface area (Å²) in [6.45, 7) is 5.10. The first-order chi connectivity index (χ1) is 7.72. The fourth-order valence-electron chi connectivity index (χ4n) is 1.72. The molecule has 84 valence electrons. The lowest BCUT2D eigenvalue weighted by molar-refractivity contribution is 0.662. The van der Waals surface area contributed by atoms with Gasteiger partial charge in [0.05, 0.1) is 12.7 Å². The van der Waals surface area contributed by atoms with Crippen molar-refractivity contribution in [2.24, 2.45) is 0 Å². The number of benzene rings is 1. The smallest absolute Gasteiger partial charge is 0.0665 e. The molecule has 0 amide bonds. The largest absolute Gasteiger partial charge is 0.265 e. The first-order valence-corrected chi connectivity index (χ1v) is 6.46. The number of rotatable bonds is 3. The second-order valence-corrected chi connectivity index (χ2v) is 4.53. The third-order valence-electron chi connectivity index (χ3n) is 2.93. The summed E-state index contributed by atoms with van der Waals surface area (Å²) in [5.41, 5.74) is 5.14. The first-order valence-electron chi connectivity index (χ1n) is 5.34. The van der Waals surface area contributed by atoms with Crippen LogP contribution in [0, 0.1) is 13.8 Å². The Morgan fingerprint density at radius 3 is 2.56 bits per heavy atom. The summed E-state index contributed by atoms with van der Waals surface area (Å²) in [7, 11) is 0. The molecule has 0 fully saturated rings. The molecule has 0 aliphatic heterocycles. The lowest BCUT2D eigenvalue weighted by Gasteiger charge is -2.07. The molecule has 0 saturated carbocycles. The average Bonchev–Trinajstić information content (AvgIpc) is 2.63. The van der Waals surface area contributed by atoms with E-state index < -0.39 is 0 Å². The Morgan fingerprint density at radius 2 is 1.94 bits per heavy atom. The van der Waals surface area contributed by atoms with Gasteiger partial charge in [-0.3, -0.25) is 4.68 Å². The van der Waals surface area contributed by atoms with Crippen molar-refractivity contribution in [3.63, 3.8) is 0 Å². The lowest BCUT2D eigenvalue weighted by Crippen LogP contribution is -2.05. The molecule has 1 heterocycles. The summed E-state index contributed by atoms with van der Waals surface area (Å²) in [5.74, 6) is 0. The van der Waals surface area contributed by atoms with Gasteiger partial charge in [-0.2, -0.15) is 5.10 Å². The third kappa shape index (κ3) is 2.19. The minimum Gasteiger partial charge on any atom is -0.265 e. The number of alkyl halides is 1. The topological polar surface area (TPSA) is 17.8 Å². The van der Waals surface area contributed by atoms with Gasteiger partial charge in [0.25, 0.3) is 0 Å². The van der Waals surface area contributed by atoms with Gasteiger partial charge in [-0.1, -0.05) is 40.2 Å². The Labute approximate surface area is 104 Å². The van der Waals surface area contributed by atoms with E-state index in [1.165, 1.54) is 22.4 Å². The zero-order valence-corrected chi connectivity index (χ0v) is 11.2. The Balaban J connectivity index is 2.27. The van der Waals surface area contributed by atoms with Crippen LogP contribution in [0.2, 0.25) is 0 Å². The normalized spacial score (nSPS) is 10.7. The molecule has 2 aromatic rings. The van der Waals surface area contributed by atoms with Gasteiger partial charge in [-0.05, 0) is 25.0 Å². The highest BCUT2D eigenvalue weighted by molar-refractivity contribution is 9.08. The van der Waals surface area contributed by atoms with Crippen molar-refractivity contribution >= 4 is 15.9 Å². The summed E-state index contributed by atoms with van der Waals surface area (Å²) in [6.07, 6.45) is 1.93. The van der Waals surface area contributed by atoms with E-state index in [0.717, 1.165) is 11.9 Å². The maximum atomic E-state index is 4.41. The van der Waals surface area contributed by atoms with Crippen molar-refractivity contribution in [2.45, 2.75) is 25.7 Å². The molecule has 0 aliphatic rings. The summed E-state index contributed by atoms with van der Waals surface area (Å²) in [6, 6.07) is 8.44. The lowest BCUT2D eigenvalue weighted by atomic mass is 10.1. The van der Waals surface area contributed by atoms with Gasteiger partial charge in [0.1, 0.15) is 0 Å². The fraction of sp³-hybridized carbons (Fsp3) is 0.308. The average molecular weight is 279 g/mol. The van der Waals surface area contributed by atoms with Crippen molar-refractivity contribution in [1.82, 2.24) is 9.78 Å². The molecule has 2 rings (SSSR count). The zero-order chi connectivity index (χ0) is 11.5. The van der Waals surface area contributed by atoms with Crippen molar-refractivity contribution in [1.29, 1.82) is 0 Å². The number of aromatic nitrogens is 2. The predicted octanol–water partition coefficient (Wildman–Crippen LogP) is 3.44. The van der Waals surface area contributed by atoms with Crippen LogP contribution in [0.25, 0.3) is 0 Å². The molecule has 0 unspecified atom stereocenters. The predicted molar refractivity (Wildman–Crippen MR) is 69.9 cm³/mol. The number of aryl methyl sites for hydroxylation is 1. The summed E-state index contributed by atoms with van der Waals surface area (Å²) >= 11 is 3.47. The second kappa shape index (κ2) is 4.83. The van der Waals surface area contributed by atoms with Crippen LogP contribution in [0.1, 0.15) is 22.4 Å². The summed E-state index contributed by atoms with van der Waals surface area (Å²) in [5, 5.41) is 5.28. The molecule has 16 heavy (non-hydrogen) atoms. The van der Waals surface area contributed by atoms with E-state index in [1.807, 2.05) is 6.20 Å². The molecule has 3 heteroatoms. The van der Waals surface area contributed by atoms with Gasteiger partial charge in [0.2, 0.25) is 0 Å². The minimum absolute atomic E-state index is 0.853. The maximum Gasteiger partial charge on any atom is 0.0665 e. The van der Waals surface area contributed by atoms with E-state index >= 15 is 0 Å². The van der Waals surface area contributed by atoms with Crippen molar-refractivity contribution in [3.05, 3.63) is 52.8 Å². The molecule has 2 nitrogen and oxygen atoms in total. The zero-order valence-electron chi connectivity index (χ0n) is 9.57. The molecule has 0 atom stereocenters.